The largest absolute Gasteiger partial charge is 0.390 e. The maximum atomic E-state index is 13.2. The predicted molar refractivity (Wildman–Crippen MR) is 92.9 cm³/mol. The molecule has 0 aromatic carbocycles. The number of nitrogens with zero attached hydrogens (tertiary/aromatic N) is 1. The van der Waals surface area contributed by atoms with Crippen molar-refractivity contribution in [3.8, 4) is 0 Å². The van der Waals surface area contributed by atoms with E-state index in [0.29, 0.717) is 32.6 Å². The van der Waals surface area contributed by atoms with Gasteiger partial charge in [0, 0.05) is 19.8 Å². The highest BCUT2D eigenvalue weighted by molar-refractivity contribution is 6.00. The van der Waals surface area contributed by atoms with Gasteiger partial charge in [0.15, 0.2) is 0 Å². The van der Waals surface area contributed by atoms with E-state index in [0.717, 1.165) is 38.8 Å². The lowest BCUT2D eigenvalue weighted by molar-refractivity contribution is -0.164. The molecule has 2 amide bonds. The van der Waals surface area contributed by atoms with Crippen molar-refractivity contribution in [3.63, 3.8) is 0 Å². The van der Waals surface area contributed by atoms with Crippen LogP contribution < -0.4 is 10.6 Å². The number of hydrogen-bond donors (Lipinski definition) is 3. The molecule has 142 valence electrons. The van der Waals surface area contributed by atoms with Gasteiger partial charge in [-0.2, -0.15) is 0 Å². The Morgan fingerprint density at radius 3 is 2.60 bits per heavy atom. The molecule has 25 heavy (non-hydrogen) atoms. The number of carbonyl (C=O) groups excluding carboxylic acids is 2. The van der Waals surface area contributed by atoms with Crippen molar-refractivity contribution in [1.29, 1.82) is 0 Å². The van der Waals surface area contributed by atoms with E-state index in [-0.39, 0.29) is 17.7 Å². The van der Waals surface area contributed by atoms with Gasteiger partial charge in [-0.05, 0) is 51.1 Å². The zero-order chi connectivity index (χ0) is 17.9. The highest BCUT2D eigenvalue weighted by Gasteiger charge is 2.54. The quantitative estimate of drug-likeness (QED) is 0.648. The third-order valence-electron chi connectivity index (χ3n) is 6.01. The lowest BCUT2D eigenvalue weighted by Crippen LogP contribution is -2.75. The van der Waals surface area contributed by atoms with Gasteiger partial charge in [-0.1, -0.05) is 13.3 Å². The monoisotopic (exact) mass is 353 g/mol. The van der Waals surface area contributed by atoms with Gasteiger partial charge < -0.3 is 25.4 Å². The van der Waals surface area contributed by atoms with E-state index < -0.39 is 17.7 Å². The number of ether oxygens (including phenoxy) is 1. The minimum Gasteiger partial charge on any atom is -0.390 e. The maximum absolute atomic E-state index is 13.2. The summed E-state index contributed by atoms with van der Waals surface area (Å²) < 4.78 is 5.35. The molecule has 0 bridgehead atoms. The Morgan fingerprint density at radius 1 is 1.28 bits per heavy atom. The number of carbonyl (C=O) groups is 2. The number of unbranched alkanes of at least 4 members (excludes halogenated alkanes) is 1. The number of piperidine rings is 1. The molecule has 0 radical (unpaired) electrons. The first-order chi connectivity index (χ1) is 12.1. The fourth-order valence-electron chi connectivity index (χ4n) is 4.38. The molecule has 1 spiro atoms. The predicted octanol–water partition coefficient (Wildman–Crippen LogP) is 0.0232. The minimum atomic E-state index is -0.844. The van der Waals surface area contributed by atoms with Crippen molar-refractivity contribution in [1.82, 2.24) is 15.5 Å². The molecule has 0 saturated carbocycles. The van der Waals surface area contributed by atoms with Gasteiger partial charge in [-0.15, -0.1) is 0 Å². The highest BCUT2D eigenvalue weighted by atomic mass is 16.5. The SMILES string of the molecule is CCCCN1C(=O)[C@@H]([C@H](O)C2CCOCC2)NC(=O)C12CCNCC2. The standard InChI is InChI=1S/C18H31N3O4/c1-2-3-10-21-16(23)14(15(22)13-4-11-25-12-5-13)20-17(24)18(21)6-8-19-9-7-18/h13-15,19,22H,2-12H2,1H3,(H,20,24)/t14-,15-/m1/s1. The topological polar surface area (TPSA) is 90.9 Å². The van der Waals surface area contributed by atoms with Gasteiger partial charge in [0.05, 0.1) is 6.10 Å². The summed E-state index contributed by atoms with van der Waals surface area (Å²) in [4.78, 5) is 28.0. The normalized spacial score (nSPS) is 28.9. The van der Waals surface area contributed by atoms with Gasteiger partial charge in [-0.3, -0.25) is 9.59 Å². The van der Waals surface area contributed by atoms with Crippen LogP contribution in [0.1, 0.15) is 45.4 Å². The average molecular weight is 353 g/mol. The van der Waals surface area contributed by atoms with Crippen LogP contribution in [0.4, 0.5) is 0 Å². The van der Waals surface area contributed by atoms with Crippen LogP contribution in [0.2, 0.25) is 0 Å². The molecule has 3 rings (SSSR count). The van der Waals surface area contributed by atoms with E-state index in [1.807, 2.05) is 0 Å². The lowest BCUT2D eigenvalue weighted by atomic mass is 9.80. The average Bonchev–Trinajstić information content (AvgIpc) is 2.66. The summed E-state index contributed by atoms with van der Waals surface area (Å²) >= 11 is 0. The third kappa shape index (κ3) is 3.55. The molecule has 3 N–H and O–H groups in total. The molecule has 7 heteroatoms. The zero-order valence-corrected chi connectivity index (χ0v) is 15.1. The van der Waals surface area contributed by atoms with Gasteiger partial charge >= 0.3 is 0 Å². The Balaban J connectivity index is 1.81. The third-order valence-corrected chi connectivity index (χ3v) is 6.01. The van der Waals surface area contributed by atoms with Crippen LogP contribution in [0.25, 0.3) is 0 Å². The van der Waals surface area contributed by atoms with Crippen LogP contribution >= 0.6 is 0 Å². The number of amides is 2. The summed E-state index contributed by atoms with van der Waals surface area (Å²) in [6.07, 6.45) is 3.71. The first-order valence-electron chi connectivity index (χ1n) is 9.69. The molecule has 3 heterocycles. The first-order valence-corrected chi connectivity index (χ1v) is 9.69. The molecule has 0 unspecified atom stereocenters. The van der Waals surface area contributed by atoms with Gasteiger partial charge in [0.25, 0.3) is 0 Å². The van der Waals surface area contributed by atoms with Crippen LogP contribution in [0.3, 0.4) is 0 Å². The molecule has 7 nitrogen and oxygen atoms in total. The van der Waals surface area contributed by atoms with E-state index in [1.165, 1.54) is 0 Å². The summed E-state index contributed by atoms with van der Waals surface area (Å²) in [7, 11) is 0. The molecular formula is C18H31N3O4. The van der Waals surface area contributed by atoms with Crippen LogP contribution in [0, 0.1) is 5.92 Å². The number of nitrogens with one attached hydrogen (secondary N) is 2. The number of piperazine rings is 1. The summed E-state index contributed by atoms with van der Waals surface area (Å²) in [6.45, 7) is 5.34. The Labute approximate surface area is 149 Å². The lowest BCUT2D eigenvalue weighted by Gasteiger charge is -2.51. The second kappa shape index (κ2) is 8.01. The van der Waals surface area contributed by atoms with Crippen molar-refractivity contribution < 1.29 is 19.4 Å². The molecule has 3 saturated heterocycles. The maximum Gasteiger partial charge on any atom is 0.248 e. The summed E-state index contributed by atoms with van der Waals surface area (Å²) in [5.41, 5.74) is -0.747. The number of aliphatic hydroxyl groups excluding tert-OH is 1. The summed E-state index contributed by atoms with van der Waals surface area (Å²) in [5, 5.41) is 16.9. The Kier molecular flexibility index (Phi) is 5.96. The number of aliphatic hydroxyl groups is 1. The van der Waals surface area contributed by atoms with Crippen LogP contribution in [-0.4, -0.2) is 72.4 Å². The van der Waals surface area contributed by atoms with E-state index >= 15 is 0 Å². The fraction of sp³-hybridized carbons (Fsp3) is 0.889. The van der Waals surface area contributed by atoms with E-state index in [1.54, 1.807) is 4.90 Å². The van der Waals surface area contributed by atoms with E-state index in [2.05, 4.69) is 17.6 Å². The van der Waals surface area contributed by atoms with Crippen molar-refractivity contribution in [3.05, 3.63) is 0 Å². The van der Waals surface area contributed by atoms with Crippen LogP contribution in [-0.2, 0) is 14.3 Å². The minimum absolute atomic E-state index is 0.00176. The van der Waals surface area contributed by atoms with E-state index in [9.17, 15) is 14.7 Å². The van der Waals surface area contributed by atoms with Crippen molar-refractivity contribution >= 4 is 11.8 Å². The smallest absolute Gasteiger partial charge is 0.248 e. The number of rotatable bonds is 5. The van der Waals surface area contributed by atoms with Gasteiger partial charge in [-0.25, -0.2) is 0 Å². The molecule has 3 aliphatic heterocycles. The highest BCUT2D eigenvalue weighted by Crippen LogP contribution is 2.33. The van der Waals surface area contributed by atoms with Crippen LogP contribution in [0.5, 0.6) is 0 Å². The Morgan fingerprint density at radius 2 is 1.96 bits per heavy atom. The van der Waals surface area contributed by atoms with Crippen molar-refractivity contribution in [2.75, 3.05) is 32.8 Å². The summed E-state index contributed by atoms with van der Waals surface area (Å²) in [6, 6.07) is -0.826. The van der Waals surface area contributed by atoms with Crippen molar-refractivity contribution in [2.24, 2.45) is 5.92 Å². The molecule has 0 aromatic heterocycles. The molecule has 0 aliphatic carbocycles. The second-order valence-electron chi connectivity index (χ2n) is 7.52. The molecule has 3 fully saturated rings. The second-order valence-corrected chi connectivity index (χ2v) is 7.52. The van der Waals surface area contributed by atoms with Crippen molar-refractivity contribution in [2.45, 2.75) is 63.1 Å². The fourth-order valence-corrected chi connectivity index (χ4v) is 4.38. The van der Waals surface area contributed by atoms with Gasteiger partial charge in [0.2, 0.25) is 11.8 Å². The summed E-state index contributed by atoms with van der Waals surface area (Å²) in [5.74, 6) is -0.215. The Bertz CT molecular complexity index is 487. The molecule has 0 aromatic rings. The van der Waals surface area contributed by atoms with E-state index in [4.69, 9.17) is 4.74 Å². The van der Waals surface area contributed by atoms with Gasteiger partial charge in [0.1, 0.15) is 11.6 Å². The Hall–Kier alpha value is -1.18. The molecule has 3 aliphatic rings. The first kappa shape index (κ1) is 18.6. The number of hydrogen-bond acceptors (Lipinski definition) is 5. The molecular weight excluding hydrogens is 322 g/mol. The zero-order valence-electron chi connectivity index (χ0n) is 15.1. The van der Waals surface area contributed by atoms with Crippen LogP contribution in [0.15, 0.2) is 0 Å². The molecule has 2 atom stereocenters.